The van der Waals surface area contributed by atoms with Crippen LogP contribution in [0.2, 0.25) is 0 Å². The molecule has 0 fully saturated rings. The molecule has 0 radical (unpaired) electrons. The highest BCUT2D eigenvalue weighted by atomic mass is 19.1. The third-order valence-corrected chi connectivity index (χ3v) is 2.36. The number of para-hydroxylation sites is 1. The van der Waals surface area contributed by atoms with Gasteiger partial charge in [0.25, 0.3) is 0 Å². The van der Waals surface area contributed by atoms with Crippen molar-refractivity contribution in [3.63, 3.8) is 0 Å². The molecule has 0 spiro atoms. The van der Waals surface area contributed by atoms with E-state index in [9.17, 15) is 9.50 Å². The summed E-state index contributed by atoms with van der Waals surface area (Å²) in [5.41, 5.74) is 1.10. The van der Waals surface area contributed by atoms with E-state index in [1.807, 2.05) is 12.1 Å². The quantitative estimate of drug-likeness (QED) is 0.838. The molecule has 2 nitrogen and oxygen atoms in total. The predicted octanol–water partition coefficient (Wildman–Crippen LogP) is 3.21. The van der Waals surface area contributed by atoms with Crippen LogP contribution < -0.4 is 4.74 Å². The Morgan fingerprint density at radius 2 is 1.81 bits per heavy atom. The van der Waals surface area contributed by atoms with Crippen molar-refractivity contribution in [3.05, 3.63) is 48.3 Å². The van der Waals surface area contributed by atoms with E-state index >= 15 is 0 Å². The molecule has 0 aliphatic carbocycles. The van der Waals surface area contributed by atoms with Crippen LogP contribution in [0.4, 0.5) is 4.39 Å². The molecule has 0 amide bonds. The van der Waals surface area contributed by atoms with Crippen LogP contribution in [-0.2, 0) is 0 Å². The van der Waals surface area contributed by atoms with Crippen LogP contribution >= 0.6 is 0 Å². The standard InChI is InChI=1S/C13H11FO2/c1-16-13-5-3-2-4-10(13)11-8-9(14)6-7-12(11)15/h2-8,15H,1H3. The average Bonchev–Trinajstić information content (AvgIpc) is 2.32. The lowest BCUT2D eigenvalue weighted by Crippen LogP contribution is -1.88. The van der Waals surface area contributed by atoms with E-state index in [4.69, 9.17) is 4.74 Å². The third-order valence-electron chi connectivity index (χ3n) is 2.36. The van der Waals surface area contributed by atoms with Gasteiger partial charge in [-0.05, 0) is 24.3 Å². The number of benzene rings is 2. The van der Waals surface area contributed by atoms with Crippen molar-refractivity contribution in [2.75, 3.05) is 7.11 Å². The number of phenolic OH excluding ortho intramolecular Hbond substituents is 1. The van der Waals surface area contributed by atoms with Crippen molar-refractivity contribution < 1.29 is 14.2 Å². The Bertz CT molecular complexity index is 509. The van der Waals surface area contributed by atoms with Gasteiger partial charge in [-0.3, -0.25) is 0 Å². The summed E-state index contributed by atoms with van der Waals surface area (Å²) in [7, 11) is 1.54. The van der Waals surface area contributed by atoms with E-state index in [1.54, 1.807) is 12.1 Å². The molecule has 0 aromatic heterocycles. The van der Waals surface area contributed by atoms with Crippen molar-refractivity contribution in [2.45, 2.75) is 0 Å². The highest BCUT2D eigenvalue weighted by Crippen LogP contribution is 2.35. The van der Waals surface area contributed by atoms with E-state index in [-0.39, 0.29) is 5.75 Å². The molecule has 0 unspecified atom stereocenters. The Kier molecular flexibility index (Phi) is 2.77. The van der Waals surface area contributed by atoms with Crippen LogP contribution in [0.25, 0.3) is 11.1 Å². The second-order valence-electron chi connectivity index (χ2n) is 3.36. The largest absolute Gasteiger partial charge is 0.507 e. The molecule has 1 N–H and O–H groups in total. The summed E-state index contributed by atoms with van der Waals surface area (Å²) < 4.78 is 18.3. The SMILES string of the molecule is COc1ccccc1-c1cc(F)ccc1O. The van der Waals surface area contributed by atoms with E-state index in [1.165, 1.54) is 25.3 Å². The lowest BCUT2D eigenvalue weighted by Gasteiger charge is -2.09. The summed E-state index contributed by atoms with van der Waals surface area (Å²) in [5.74, 6) is 0.244. The van der Waals surface area contributed by atoms with Crippen LogP contribution in [0, 0.1) is 5.82 Å². The van der Waals surface area contributed by atoms with E-state index < -0.39 is 5.82 Å². The maximum atomic E-state index is 13.1. The molecule has 2 rings (SSSR count). The first-order valence-corrected chi connectivity index (χ1v) is 4.84. The molecular formula is C13H11FO2. The van der Waals surface area contributed by atoms with Gasteiger partial charge in [0.2, 0.25) is 0 Å². The number of hydrogen-bond donors (Lipinski definition) is 1. The molecule has 0 saturated heterocycles. The molecule has 0 atom stereocenters. The molecular weight excluding hydrogens is 207 g/mol. The first kappa shape index (κ1) is 10.5. The van der Waals surface area contributed by atoms with Gasteiger partial charge in [-0.1, -0.05) is 18.2 Å². The van der Waals surface area contributed by atoms with Crippen LogP contribution in [0.1, 0.15) is 0 Å². The van der Waals surface area contributed by atoms with Crippen LogP contribution in [0.5, 0.6) is 11.5 Å². The predicted molar refractivity (Wildman–Crippen MR) is 60.1 cm³/mol. The fourth-order valence-electron chi connectivity index (χ4n) is 1.59. The smallest absolute Gasteiger partial charge is 0.126 e. The summed E-state index contributed by atoms with van der Waals surface area (Å²) in [6, 6.07) is 11.0. The fraction of sp³-hybridized carbons (Fsp3) is 0.0769. The molecule has 0 heterocycles. The number of rotatable bonds is 2. The maximum absolute atomic E-state index is 13.1. The molecule has 2 aromatic carbocycles. The lowest BCUT2D eigenvalue weighted by molar-refractivity contribution is 0.415. The van der Waals surface area contributed by atoms with Gasteiger partial charge in [0.05, 0.1) is 7.11 Å². The van der Waals surface area contributed by atoms with Gasteiger partial charge in [-0.2, -0.15) is 0 Å². The summed E-state index contributed by atoms with van der Waals surface area (Å²) in [5, 5.41) is 9.69. The summed E-state index contributed by atoms with van der Waals surface area (Å²) in [6.07, 6.45) is 0. The van der Waals surface area contributed by atoms with Gasteiger partial charge in [0.1, 0.15) is 17.3 Å². The molecule has 2 aromatic rings. The second-order valence-corrected chi connectivity index (χ2v) is 3.36. The van der Waals surface area contributed by atoms with Crippen molar-refractivity contribution >= 4 is 0 Å². The van der Waals surface area contributed by atoms with Gasteiger partial charge >= 0.3 is 0 Å². The maximum Gasteiger partial charge on any atom is 0.126 e. The lowest BCUT2D eigenvalue weighted by atomic mass is 10.0. The zero-order chi connectivity index (χ0) is 11.5. The first-order valence-electron chi connectivity index (χ1n) is 4.84. The summed E-state index contributed by atoms with van der Waals surface area (Å²) >= 11 is 0. The number of methoxy groups -OCH3 is 1. The third kappa shape index (κ3) is 1.84. The highest BCUT2D eigenvalue weighted by Gasteiger charge is 2.10. The molecule has 0 saturated carbocycles. The van der Waals surface area contributed by atoms with Gasteiger partial charge in [-0.15, -0.1) is 0 Å². The fourth-order valence-corrected chi connectivity index (χ4v) is 1.59. The minimum Gasteiger partial charge on any atom is -0.507 e. The Balaban J connectivity index is 2.62. The van der Waals surface area contributed by atoms with Crippen molar-refractivity contribution in [3.8, 4) is 22.6 Å². The summed E-state index contributed by atoms with van der Waals surface area (Å²) in [4.78, 5) is 0. The average molecular weight is 218 g/mol. The summed E-state index contributed by atoms with van der Waals surface area (Å²) in [6.45, 7) is 0. The van der Waals surface area contributed by atoms with Crippen molar-refractivity contribution in [2.24, 2.45) is 0 Å². The van der Waals surface area contributed by atoms with Gasteiger partial charge < -0.3 is 9.84 Å². The van der Waals surface area contributed by atoms with Crippen molar-refractivity contribution in [1.82, 2.24) is 0 Å². The Labute approximate surface area is 92.9 Å². The molecule has 0 aliphatic rings. The zero-order valence-electron chi connectivity index (χ0n) is 8.77. The molecule has 0 bridgehead atoms. The number of aromatic hydroxyl groups is 1. The van der Waals surface area contributed by atoms with Crippen LogP contribution in [-0.4, -0.2) is 12.2 Å². The van der Waals surface area contributed by atoms with Gasteiger partial charge in [-0.25, -0.2) is 4.39 Å². The Hall–Kier alpha value is -2.03. The molecule has 3 heteroatoms. The number of halogens is 1. The van der Waals surface area contributed by atoms with Gasteiger partial charge in [0, 0.05) is 11.1 Å². The minimum atomic E-state index is -0.390. The Morgan fingerprint density at radius 3 is 2.56 bits per heavy atom. The van der Waals surface area contributed by atoms with E-state index in [0.29, 0.717) is 16.9 Å². The minimum absolute atomic E-state index is 0.0332. The zero-order valence-corrected chi connectivity index (χ0v) is 8.77. The molecule has 16 heavy (non-hydrogen) atoms. The second kappa shape index (κ2) is 4.23. The van der Waals surface area contributed by atoms with Crippen LogP contribution in [0.15, 0.2) is 42.5 Å². The van der Waals surface area contributed by atoms with Gasteiger partial charge in [0.15, 0.2) is 0 Å². The number of ether oxygens (including phenoxy) is 1. The highest BCUT2D eigenvalue weighted by molar-refractivity contribution is 5.75. The first-order chi connectivity index (χ1) is 7.72. The normalized spacial score (nSPS) is 10.1. The molecule has 0 aliphatic heterocycles. The van der Waals surface area contributed by atoms with E-state index in [2.05, 4.69) is 0 Å². The van der Waals surface area contributed by atoms with Crippen molar-refractivity contribution in [1.29, 1.82) is 0 Å². The van der Waals surface area contributed by atoms with Crippen LogP contribution in [0.3, 0.4) is 0 Å². The molecule has 82 valence electrons. The Morgan fingerprint density at radius 1 is 1.06 bits per heavy atom. The monoisotopic (exact) mass is 218 g/mol. The van der Waals surface area contributed by atoms with E-state index in [0.717, 1.165) is 0 Å². The number of phenols is 1. The topological polar surface area (TPSA) is 29.5 Å². The number of hydrogen-bond acceptors (Lipinski definition) is 2.